The van der Waals surface area contributed by atoms with Gasteiger partial charge in [0, 0.05) is 5.56 Å². The van der Waals surface area contributed by atoms with E-state index in [1.54, 1.807) is 66.9 Å². The van der Waals surface area contributed by atoms with Gasteiger partial charge in [-0.25, -0.2) is 8.42 Å². The second-order valence-electron chi connectivity index (χ2n) is 9.19. The number of para-hydroxylation sites is 2. The van der Waals surface area contributed by atoms with Crippen molar-refractivity contribution < 1.29 is 21.5 Å². The largest absolute Gasteiger partial charge is 0.310 e. The molecule has 0 bridgehead atoms. The summed E-state index contributed by atoms with van der Waals surface area (Å²) < 4.78 is 59.5. The molecule has 1 N–H and O–H groups in total. The molecule has 0 unspecified atom stereocenters. The van der Waals surface area contributed by atoms with Gasteiger partial charge in [0.05, 0.1) is 27.4 Å². The summed E-state index contributed by atoms with van der Waals surface area (Å²) in [7, 11) is -7.99. The summed E-state index contributed by atoms with van der Waals surface area (Å²) in [6.07, 6.45) is 3.13. The number of nitrogens with zero attached hydrogens (tertiary/aromatic N) is 3. The van der Waals surface area contributed by atoms with E-state index in [-0.39, 0.29) is 22.0 Å². The first-order valence-corrected chi connectivity index (χ1v) is 15.1. The van der Waals surface area contributed by atoms with Crippen LogP contribution in [0.2, 0.25) is 0 Å². The average molecular weight is 560 g/mol. The predicted molar refractivity (Wildman–Crippen MR) is 151 cm³/mol. The highest BCUT2D eigenvalue weighted by atomic mass is 32.2. The van der Waals surface area contributed by atoms with Crippen molar-refractivity contribution in [1.82, 2.24) is 4.98 Å². The molecule has 10 heteroatoms. The Morgan fingerprint density at radius 2 is 1.33 bits per heavy atom. The van der Waals surface area contributed by atoms with Crippen molar-refractivity contribution in [3.63, 3.8) is 0 Å². The Bertz CT molecular complexity index is 1860. The summed E-state index contributed by atoms with van der Waals surface area (Å²) in [5.74, 6) is 0. The molecule has 198 valence electrons. The zero-order valence-electron chi connectivity index (χ0n) is 21.4. The molecule has 5 aromatic rings. The van der Waals surface area contributed by atoms with Gasteiger partial charge in [0.15, 0.2) is 5.52 Å². The van der Waals surface area contributed by atoms with E-state index in [9.17, 15) is 16.8 Å². The quantitative estimate of drug-likeness (QED) is 0.283. The van der Waals surface area contributed by atoms with E-state index in [1.165, 1.54) is 27.6 Å². The van der Waals surface area contributed by atoms with E-state index in [0.29, 0.717) is 11.1 Å². The van der Waals surface area contributed by atoms with Crippen molar-refractivity contribution in [2.45, 2.75) is 30.2 Å². The third-order valence-electron chi connectivity index (χ3n) is 6.28. The first kappa shape index (κ1) is 26.3. The van der Waals surface area contributed by atoms with Crippen LogP contribution in [0.4, 0.5) is 5.69 Å². The molecule has 0 radical (unpaired) electrons. The molecule has 0 amide bonds. The highest BCUT2D eigenvalue weighted by Gasteiger charge is 2.30. The summed E-state index contributed by atoms with van der Waals surface area (Å²) in [5, 5.41) is 0.748. The second-order valence-corrected chi connectivity index (χ2v) is 12.7. The van der Waals surface area contributed by atoms with Crippen LogP contribution in [0.5, 0.6) is 0 Å². The van der Waals surface area contributed by atoms with Crippen LogP contribution in [-0.4, -0.2) is 21.8 Å². The average Bonchev–Trinajstić information content (AvgIpc) is 2.92. The Morgan fingerprint density at radius 1 is 0.744 bits per heavy atom. The fourth-order valence-corrected chi connectivity index (χ4v) is 6.55. The van der Waals surface area contributed by atoms with Gasteiger partial charge in [-0.3, -0.25) is 4.72 Å². The van der Waals surface area contributed by atoms with Crippen LogP contribution in [0, 0.1) is 13.8 Å². The Hall–Kier alpha value is -4.28. The van der Waals surface area contributed by atoms with Gasteiger partial charge in [-0.2, -0.15) is 8.42 Å². The standard InChI is InChI=1S/C29H27N4O4S2/c1-22-11-15-26(16-12-22)38(34,35)31-29-10-6-4-8-25(29)20-33(39(36,37)27-17-13-23(2)14-18-27)32-19-24-7-3-5-9-28(24)30-21-32/h3-19,21,31H,20H2,1-2H3/q+1. The van der Waals surface area contributed by atoms with Crippen LogP contribution in [0.1, 0.15) is 16.7 Å². The first-order valence-electron chi connectivity index (χ1n) is 12.2. The maximum absolute atomic E-state index is 14.0. The molecule has 0 spiro atoms. The molecule has 4 aromatic carbocycles. The van der Waals surface area contributed by atoms with E-state index in [2.05, 4.69) is 9.71 Å². The number of benzene rings is 4. The normalized spacial score (nSPS) is 11.8. The minimum absolute atomic E-state index is 0.103. The minimum Gasteiger partial charge on any atom is -0.279 e. The van der Waals surface area contributed by atoms with Gasteiger partial charge in [-0.15, -0.1) is 9.09 Å². The second kappa shape index (κ2) is 10.5. The van der Waals surface area contributed by atoms with Crippen molar-refractivity contribution in [2.75, 3.05) is 9.14 Å². The molecule has 0 aliphatic carbocycles. The SMILES string of the molecule is Cc1ccc(S(=O)(=O)Nc2ccccc2CN([n+]2cnc3ccccc3c2)S(=O)(=O)c2ccc(C)cc2)cc1. The van der Waals surface area contributed by atoms with Gasteiger partial charge < -0.3 is 0 Å². The lowest BCUT2D eigenvalue weighted by molar-refractivity contribution is -0.680. The van der Waals surface area contributed by atoms with Gasteiger partial charge in [-0.05, 0) is 61.3 Å². The number of anilines is 1. The lowest BCUT2D eigenvalue weighted by Crippen LogP contribution is -2.60. The van der Waals surface area contributed by atoms with E-state index in [4.69, 9.17) is 0 Å². The molecule has 0 saturated carbocycles. The number of rotatable bonds is 8. The van der Waals surface area contributed by atoms with E-state index in [1.807, 2.05) is 38.1 Å². The fourth-order valence-electron chi connectivity index (χ4n) is 4.08. The van der Waals surface area contributed by atoms with Gasteiger partial charge >= 0.3 is 6.33 Å². The molecule has 0 aliphatic rings. The van der Waals surface area contributed by atoms with Crippen LogP contribution >= 0.6 is 0 Å². The Labute approximate surface area is 228 Å². The van der Waals surface area contributed by atoms with E-state index in [0.717, 1.165) is 16.5 Å². The zero-order valence-corrected chi connectivity index (χ0v) is 23.0. The minimum atomic E-state index is -4.08. The Balaban J connectivity index is 1.58. The number of aryl methyl sites for hydroxylation is 2. The first-order chi connectivity index (χ1) is 18.6. The summed E-state index contributed by atoms with van der Waals surface area (Å²) in [4.78, 5) is 4.65. The molecule has 0 aliphatic heterocycles. The van der Waals surface area contributed by atoms with Crippen LogP contribution in [0.15, 0.2) is 119 Å². The highest BCUT2D eigenvalue weighted by Crippen LogP contribution is 2.24. The molecule has 8 nitrogen and oxygen atoms in total. The van der Waals surface area contributed by atoms with E-state index < -0.39 is 20.0 Å². The van der Waals surface area contributed by atoms with Crippen LogP contribution in [0.25, 0.3) is 10.9 Å². The van der Waals surface area contributed by atoms with Gasteiger partial charge in [0.2, 0.25) is 0 Å². The highest BCUT2D eigenvalue weighted by molar-refractivity contribution is 7.92. The van der Waals surface area contributed by atoms with Crippen molar-refractivity contribution >= 4 is 36.6 Å². The van der Waals surface area contributed by atoms with Crippen LogP contribution in [-0.2, 0) is 26.6 Å². The topological polar surface area (TPSA) is 100 Å². The molecular weight excluding hydrogens is 532 g/mol. The summed E-state index contributed by atoms with van der Waals surface area (Å²) >= 11 is 0. The van der Waals surface area contributed by atoms with Gasteiger partial charge in [0.1, 0.15) is 6.20 Å². The van der Waals surface area contributed by atoms with Crippen molar-refractivity contribution in [3.05, 3.63) is 126 Å². The molecule has 0 atom stereocenters. The predicted octanol–water partition coefficient (Wildman–Crippen LogP) is 4.47. The monoisotopic (exact) mass is 559 g/mol. The molecule has 0 fully saturated rings. The molecule has 39 heavy (non-hydrogen) atoms. The number of fused-ring (bicyclic) bond motifs is 1. The third kappa shape index (κ3) is 5.62. The van der Waals surface area contributed by atoms with Gasteiger partial charge in [0.25, 0.3) is 20.0 Å². The number of nitrogens with one attached hydrogen (secondary N) is 1. The Morgan fingerprint density at radius 3 is 2.03 bits per heavy atom. The molecule has 0 saturated heterocycles. The smallest absolute Gasteiger partial charge is 0.279 e. The zero-order chi connectivity index (χ0) is 27.6. The number of sulfonamides is 2. The number of aromatic nitrogens is 2. The van der Waals surface area contributed by atoms with Crippen molar-refractivity contribution in [2.24, 2.45) is 0 Å². The number of hydrogen-bond donors (Lipinski definition) is 1. The lowest BCUT2D eigenvalue weighted by Gasteiger charge is -2.22. The van der Waals surface area contributed by atoms with Crippen molar-refractivity contribution in [3.8, 4) is 0 Å². The van der Waals surface area contributed by atoms with E-state index >= 15 is 0 Å². The fraction of sp³-hybridized carbons (Fsp3) is 0.103. The lowest BCUT2D eigenvalue weighted by atomic mass is 10.2. The maximum Gasteiger partial charge on any atom is 0.310 e. The van der Waals surface area contributed by atoms with Crippen LogP contribution in [0.3, 0.4) is 0 Å². The third-order valence-corrected chi connectivity index (χ3v) is 9.40. The summed E-state index contributed by atoms with van der Waals surface area (Å²) in [6.45, 7) is 3.60. The molecule has 1 aromatic heterocycles. The van der Waals surface area contributed by atoms with Crippen molar-refractivity contribution in [1.29, 1.82) is 0 Å². The van der Waals surface area contributed by atoms with Gasteiger partial charge in [-0.1, -0.05) is 65.7 Å². The summed E-state index contributed by atoms with van der Waals surface area (Å²) in [6, 6.07) is 27.2. The molecule has 1 heterocycles. The summed E-state index contributed by atoms with van der Waals surface area (Å²) in [5.41, 5.74) is 3.32. The molecule has 5 rings (SSSR count). The number of hydrogen-bond acceptors (Lipinski definition) is 5. The maximum atomic E-state index is 14.0. The Kier molecular flexibility index (Phi) is 7.07. The molecular formula is C29H27N4O4S2+. The van der Waals surface area contributed by atoms with Crippen LogP contribution < -0.4 is 13.8 Å².